The van der Waals surface area contributed by atoms with Crippen LogP contribution in [0.3, 0.4) is 0 Å². The fourth-order valence-electron chi connectivity index (χ4n) is 2.98. The van der Waals surface area contributed by atoms with Gasteiger partial charge < -0.3 is 19.9 Å². The number of hydrogen-bond acceptors (Lipinski definition) is 6. The van der Waals surface area contributed by atoms with Gasteiger partial charge in [-0.1, -0.05) is 18.2 Å². The van der Waals surface area contributed by atoms with E-state index in [-0.39, 0.29) is 18.1 Å². The van der Waals surface area contributed by atoms with Gasteiger partial charge in [-0.25, -0.2) is 9.48 Å². The summed E-state index contributed by atoms with van der Waals surface area (Å²) in [6.45, 7) is 3.11. The Hall–Kier alpha value is -3.69. The SMILES string of the molecule is CCOC(=O)N1CCN(C(=O)Cn2nc(C(=O)Nc3ccccc3)ccc2=O)CC1. The molecule has 0 unspecified atom stereocenters. The average molecular weight is 413 g/mol. The maximum Gasteiger partial charge on any atom is 0.409 e. The second-order valence-electron chi connectivity index (χ2n) is 6.60. The van der Waals surface area contributed by atoms with Crippen LogP contribution in [-0.2, 0) is 16.1 Å². The number of nitrogens with zero attached hydrogens (tertiary/aromatic N) is 4. The Balaban J connectivity index is 1.62. The predicted molar refractivity (Wildman–Crippen MR) is 108 cm³/mol. The Bertz CT molecular complexity index is 967. The molecule has 1 N–H and O–H groups in total. The summed E-state index contributed by atoms with van der Waals surface area (Å²) < 4.78 is 5.93. The van der Waals surface area contributed by atoms with E-state index in [0.29, 0.717) is 38.5 Å². The van der Waals surface area contributed by atoms with E-state index in [4.69, 9.17) is 4.74 Å². The van der Waals surface area contributed by atoms with Crippen LogP contribution in [0.1, 0.15) is 17.4 Å². The first-order chi connectivity index (χ1) is 14.5. The van der Waals surface area contributed by atoms with Crippen molar-refractivity contribution in [3.63, 3.8) is 0 Å². The van der Waals surface area contributed by atoms with Gasteiger partial charge in [0.15, 0.2) is 0 Å². The van der Waals surface area contributed by atoms with Crippen molar-refractivity contribution in [3.05, 3.63) is 58.5 Å². The summed E-state index contributed by atoms with van der Waals surface area (Å²) in [7, 11) is 0. The lowest BCUT2D eigenvalue weighted by Crippen LogP contribution is -2.51. The number of hydrogen-bond donors (Lipinski definition) is 1. The highest BCUT2D eigenvalue weighted by Gasteiger charge is 2.25. The van der Waals surface area contributed by atoms with Crippen LogP contribution < -0.4 is 10.9 Å². The minimum atomic E-state index is -0.482. The van der Waals surface area contributed by atoms with Gasteiger partial charge in [0.2, 0.25) is 5.91 Å². The molecule has 0 spiro atoms. The third kappa shape index (κ3) is 5.22. The highest BCUT2D eigenvalue weighted by Crippen LogP contribution is 2.07. The lowest BCUT2D eigenvalue weighted by molar-refractivity contribution is -0.133. The summed E-state index contributed by atoms with van der Waals surface area (Å²) in [6, 6.07) is 11.4. The van der Waals surface area contributed by atoms with E-state index in [0.717, 1.165) is 4.68 Å². The van der Waals surface area contributed by atoms with Gasteiger partial charge in [-0.2, -0.15) is 5.10 Å². The Morgan fingerprint density at radius 2 is 1.67 bits per heavy atom. The van der Waals surface area contributed by atoms with Crippen molar-refractivity contribution in [2.75, 3.05) is 38.1 Å². The van der Waals surface area contributed by atoms with Crippen LogP contribution in [0, 0.1) is 0 Å². The van der Waals surface area contributed by atoms with Crippen molar-refractivity contribution in [3.8, 4) is 0 Å². The van der Waals surface area contributed by atoms with Gasteiger partial charge in [-0.05, 0) is 25.1 Å². The summed E-state index contributed by atoms with van der Waals surface area (Å²) in [4.78, 5) is 51.9. The Morgan fingerprint density at radius 3 is 2.33 bits per heavy atom. The van der Waals surface area contributed by atoms with Crippen molar-refractivity contribution < 1.29 is 19.1 Å². The van der Waals surface area contributed by atoms with Crippen molar-refractivity contribution in [2.45, 2.75) is 13.5 Å². The van der Waals surface area contributed by atoms with Crippen molar-refractivity contribution in [1.82, 2.24) is 19.6 Å². The van der Waals surface area contributed by atoms with Gasteiger partial charge in [-0.15, -0.1) is 0 Å². The van der Waals surface area contributed by atoms with Crippen LogP contribution in [0.4, 0.5) is 10.5 Å². The van der Waals surface area contributed by atoms with Crippen molar-refractivity contribution in [2.24, 2.45) is 0 Å². The van der Waals surface area contributed by atoms with Crippen LogP contribution >= 0.6 is 0 Å². The van der Waals surface area contributed by atoms with Crippen LogP contribution in [0.15, 0.2) is 47.3 Å². The number of carbonyl (C=O) groups is 3. The molecule has 0 bridgehead atoms. The number of para-hydroxylation sites is 1. The smallest absolute Gasteiger partial charge is 0.409 e. The number of rotatable bonds is 5. The quantitative estimate of drug-likeness (QED) is 0.776. The first-order valence-corrected chi connectivity index (χ1v) is 9.62. The third-order valence-corrected chi connectivity index (χ3v) is 4.57. The molecule has 10 heteroatoms. The van der Waals surface area contributed by atoms with E-state index in [1.54, 1.807) is 36.1 Å². The number of aromatic nitrogens is 2. The largest absolute Gasteiger partial charge is 0.450 e. The number of ether oxygens (including phenoxy) is 1. The molecule has 158 valence electrons. The molecule has 2 heterocycles. The van der Waals surface area contributed by atoms with E-state index in [1.807, 2.05) is 6.07 Å². The molecule has 2 aromatic rings. The zero-order valence-corrected chi connectivity index (χ0v) is 16.6. The fraction of sp³-hybridized carbons (Fsp3) is 0.350. The molecule has 1 aliphatic rings. The first-order valence-electron chi connectivity index (χ1n) is 9.62. The highest BCUT2D eigenvalue weighted by atomic mass is 16.6. The van der Waals surface area contributed by atoms with Crippen LogP contribution in [0.2, 0.25) is 0 Å². The number of piperazine rings is 1. The van der Waals surface area contributed by atoms with Crippen molar-refractivity contribution >= 4 is 23.6 Å². The minimum absolute atomic E-state index is 0.0263. The lowest BCUT2D eigenvalue weighted by Gasteiger charge is -2.34. The predicted octanol–water partition coefficient (Wildman–Crippen LogP) is 0.796. The van der Waals surface area contributed by atoms with Crippen molar-refractivity contribution in [1.29, 1.82) is 0 Å². The molecule has 30 heavy (non-hydrogen) atoms. The molecule has 1 aliphatic heterocycles. The molecule has 1 aromatic carbocycles. The number of nitrogens with one attached hydrogen (secondary N) is 1. The van der Waals surface area contributed by atoms with E-state index < -0.39 is 17.6 Å². The molecule has 10 nitrogen and oxygen atoms in total. The van der Waals surface area contributed by atoms with Gasteiger partial charge in [0.05, 0.1) is 6.61 Å². The maximum atomic E-state index is 12.6. The molecule has 1 aromatic heterocycles. The number of amides is 3. The van der Waals surface area contributed by atoms with E-state index in [9.17, 15) is 19.2 Å². The second-order valence-corrected chi connectivity index (χ2v) is 6.60. The maximum absolute atomic E-state index is 12.6. The molecular weight excluding hydrogens is 390 g/mol. The number of anilines is 1. The van der Waals surface area contributed by atoms with Crippen LogP contribution in [0.5, 0.6) is 0 Å². The molecule has 0 atom stereocenters. The zero-order valence-electron chi connectivity index (χ0n) is 16.6. The highest BCUT2D eigenvalue weighted by molar-refractivity contribution is 6.02. The Kier molecular flexibility index (Phi) is 6.79. The van der Waals surface area contributed by atoms with Gasteiger partial charge in [0.1, 0.15) is 12.2 Å². The average Bonchev–Trinajstić information content (AvgIpc) is 2.76. The summed E-state index contributed by atoms with van der Waals surface area (Å²) in [5.74, 6) is -0.792. The van der Waals surface area contributed by atoms with Gasteiger partial charge in [-0.3, -0.25) is 14.4 Å². The molecule has 1 saturated heterocycles. The van der Waals surface area contributed by atoms with E-state index in [1.165, 1.54) is 17.0 Å². The summed E-state index contributed by atoms with van der Waals surface area (Å²) in [6.07, 6.45) is -0.403. The van der Waals surface area contributed by atoms with E-state index in [2.05, 4.69) is 10.4 Å². The lowest BCUT2D eigenvalue weighted by atomic mass is 10.3. The molecule has 0 saturated carbocycles. The zero-order chi connectivity index (χ0) is 21.5. The fourth-order valence-corrected chi connectivity index (χ4v) is 2.98. The number of benzene rings is 1. The van der Waals surface area contributed by atoms with Crippen LogP contribution in [-0.4, -0.2) is 70.3 Å². The Morgan fingerprint density at radius 1 is 1.00 bits per heavy atom. The normalized spacial score (nSPS) is 13.6. The number of carbonyl (C=O) groups excluding carboxylic acids is 3. The van der Waals surface area contributed by atoms with Gasteiger partial charge in [0, 0.05) is 37.9 Å². The monoisotopic (exact) mass is 413 g/mol. The van der Waals surface area contributed by atoms with Gasteiger partial charge >= 0.3 is 6.09 Å². The Labute approximate surface area is 173 Å². The summed E-state index contributed by atoms with van der Waals surface area (Å²) in [5, 5.41) is 6.72. The molecule has 0 aliphatic carbocycles. The topological polar surface area (TPSA) is 114 Å². The summed E-state index contributed by atoms with van der Waals surface area (Å²) >= 11 is 0. The molecule has 0 radical (unpaired) electrons. The van der Waals surface area contributed by atoms with Gasteiger partial charge in [0.25, 0.3) is 11.5 Å². The molecule has 3 amide bonds. The summed E-state index contributed by atoms with van der Waals surface area (Å²) in [5.41, 5.74) is 0.140. The van der Waals surface area contributed by atoms with Crippen LogP contribution in [0.25, 0.3) is 0 Å². The standard InChI is InChI=1S/C20H23N5O5/c1-2-30-20(29)24-12-10-23(11-13-24)18(27)14-25-17(26)9-8-16(22-25)19(28)21-15-6-4-3-5-7-15/h3-9H,2,10-14H2,1H3,(H,21,28). The third-order valence-electron chi connectivity index (χ3n) is 4.57. The first kappa shape index (κ1) is 21.0. The molecule has 1 fully saturated rings. The minimum Gasteiger partial charge on any atom is -0.450 e. The molecular formula is C20H23N5O5. The van der Waals surface area contributed by atoms with E-state index >= 15 is 0 Å². The molecule has 3 rings (SSSR count). The second kappa shape index (κ2) is 9.68.